The van der Waals surface area contributed by atoms with Crippen LogP contribution >= 0.6 is 11.3 Å². The number of hydrogen-bond acceptors (Lipinski definition) is 4. The summed E-state index contributed by atoms with van der Waals surface area (Å²) >= 11 is 1.62. The second kappa shape index (κ2) is 8.06. The molecular weight excluding hydrogens is 296 g/mol. The number of anilines is 1. The smallest absolute Gasteiger partial charge is 0.226 e. The molecule has 22 heavy (non-hydrogen) atoms. The normalized spacial score (nSPS) is 10.9. The molecule has 1 heterocycles. The molecule has 0 spiro atoms. The molecule has 1 aromatic heterocycles. The van der Waals surface area contributed by atoms with Gasteiger partial charge in [0.15, 0.2) is 0 Å². The highest BCUT2D eigenvalue weighted by atomic mass is 32.1. The fourth-order valence-corrected chi connectivity index (χ4v) is 2.58. The predicted octanol–water partition coefficient (Wildman–Crippen LogP) is 4.12. The summed E-state index contributed by atoms with van der Waals surface area (Å²) in [7, 11) is 0. The molecule has 0 radical (unpaired) electrons. The van der Waals surface area contributed by atoms with Crippen LogP contribution in [-0.4, -0.2) is 24.1 Å². The number of aromatic nitrogens is 1. The van der Waals surface area contributed by atoms with E-state index in [1.165, 1.54) is 0 Å². The van der Waals surface area contributed by atoms with Crippen molar-refractivity contribution >= 4 is 22.9 Å². The largest absolute Gasteiger partial charge is 0.381 e. The van der Waals surface area contributed by atoms with Crippen molar-refractivity contribution in [2.24, 2.45) is 5.92 Å². The number of nitrogens with zero attached hydrogens (tertiary/aromatic N) is 1. The predicted molar refractivity (Wildman–Crippen MR) is 91.2 cm³/mol. The third-order valence-corrected chi connectivity index (χ3v) is 3.76. The van der Waals surface area contributed by atoms with Gasteiger partial charge in [0.05, 0.1) is 23.7 Å². The first-order valence-corrected chi connectivity index (χ1v) is 8.32. The zero-order valence-corrected chi connectivity index (χ0v) is 14.1. The van der Waals surface area contributed by atoms with Crippen molar-refractivity contribution in [3.63, 3.8) is 0 Å². The average molecular weight is 318 g/mol. The molecule has 0 fully saturated rings. The third kappa shape index (κ3) is 5.24. The van der Waals surface area contributed by atoms with Crippen molar-refractivity contribution in [1.82, 2.24) is 4.98 Å². The summed E-state index contributed by atoms with van der Waals surface area (Å²) in [5.74, 6) is 0.455. The monoisotopic (exact) mass is 318 g/mol. The van der Waals surface area contributed by atoms with Gasteiger partial charge >= 0.3 is 0 Å². The lowest BCUT2D eigenvalue weighted by Gasteiger charge is -2.08. The molecule has 0 aliphatic carbocycles. The summed E-state index contributed by atoms with van der Waals surface area (Å²) in [4.78, 5) is 16.4. The van der Waals surface area contributed by atoms with Gasteiger partial charge in [-0.1, -0.05) is 26.0 Å². The fourth-order valence-electron chi connectivity index (χ4n) is 1.96. The van der Waals surface area contributed by atoms with Crippen molar-refractivity contribution in [3.05, 3.63) is 34.7 Å². The zero-order chi connectivity index (χ0) is 15.9. The molecule has 0 bridgehead atoms. The van der Waals surface area contributed by atoms with Gasteiger partial charge in [-0.25, -0.2) is 4.98 Å². The number of aryl methyl sites for hydroxylation is 1. The second-order valence-electron chi connectivity index (χ2n) is 5.60. The Morgan fingerprint density at radius 1 is 1.41 bits per heavy atom. The summed E-state index contributed by atoms with van der Waals surface area (Å²) in [6.45, 7) is 7.30. The molecule has 0 unspecified atom stereocenters. The maximum atomic E-state index is 11.9. The van der Waals surface area contributed by atoms with E-state index >= 15 is 0 Å². The van der Waals surface area contributed by atoms with Crippen LogP contribution < -0.4 is 5.32 Å². The number of amides is 1. The average Bonchev–Trinajstić information content (AvgIpc) is 2.90. The number of ether oxygens (including phenoxy) is 1. The highest BCUT2D eigenvalue weighted by Gasteiger charge is 2.06. The molecule has 4 nitrogen and oxygen atoms in total. The van der Waals surface area contributed by atoms with Gasteiger partial charge in [-0.3, -0.25) is 4.79 Å². The molecule has 0 atom stereocenters. The molecule has 1 aromatic carbocycles. The first-order chi connectivity index (χ1) is 10.5. The molecule has 0 saturated carbocycles. The van der Waals surface area contributed by atoms with E-state index in [0.717, 1.165) is 22.0 Å². The summed E-state index contributed by atoms with van der Waals surface area (Å²) in [6, 6.07) is 7.75. The van der Waals surface area contributed by atoms with Crippen LogP contribution in [-0.2, 0) is 9.53 Å². The first kappa shape index (κ1) is 16.6. The van der Waals surface area contributed by atoms with Crippen LogP contribution in [0.4, 0.5) is 5.69 Å². The van der Waals surface area contributed by atoms with E-state index in [9.17, 15) is 4.79 Å². The lowest BCUT2D eigenvalue weighted by molar-refractivity contribution is -0.117. The van der Waals surface area contributed by atoms with Crippen LogP contribution in [0.3, 0.4) is 0 Å². The zero-order valence-electron chi connectivity index (χ0n) is 13.3. The number of benzene rings is 1. The van der Waals surface area contributed by atoms with Crippen LogP contribution in [0, 0.1) is 12.8 Å². The van der Waals surface area contributed by atoms with Gasteiger partial charge in [-0.05, 0) is 25.0 Å². The second-order valence-corrected chi connectivity index (χ2v) is 6.66. The maximum Gasteiger partial charge on any atom is 0.226 e. The van der Waals surface area contributed by atoms with Gasteiger partial charge in [0.1, 0.15) is 0 Å². The van der Waals surface area contributed by atoms with E-state index in [2.05, 4.69) is 24.1 Å². The van der Waals surface area contributed by atoms with Crippen molar-refractivity contribution in [1.29, 1.82) is 0 Å². The third-order valence-electron chi connectivity index (χ3n) is 2.99. The molecular formula is C17H22N2O2S. The molecule has 0 aliphatic heterocycles. The highest BCUT2D eigenvalue weighted by Crippen LogP contribution is 2.24. The Morgan fingerprint density at radius 2 is 2.23 bits per heavy atom. The van der Waals surface area contributed by atoms with E-state index < -0.39 is 0 Å². The summed E-state index contributed by atoms with van der Waals surface area (Å²) in [5.41, 5.74) is 2.74. The molecule has 5 heteroatoms. The Labute approximate surface area is 135 Å². The summed E-state index contributed by atoms with van der Waals surface area (Å²) in [5, 5.41) is 5.96. The van der Waals surface area contributed by atoms with E-state index in [1.54, 1.807) is 11.3 Å². The van der Waals surface area contributed by atoms with Crippen molar-refractivity contribution in [2.45, 2.75) is 27.2 Å². The SMILES string of the molecule is Cc1nc(-c2cccc(NC(=O)CCOCC(C)C)c2)cs1. The lowest BCUT2D eigenvalue weighted by Crippen LogP contribution is -2.15. The van der Waals surface area contributed by atoms with Gasteiger partial charge < -0.3 is 10.1 Å². The Balaban J connectivity index is 1.89. The quantitative estimate of drug-likeness (QED) is 0.781. The number of carbonyl (C=O) groups excluding carboxylic acids is 1. The topological polar surface area (TPSA) is 51.2 Å². The van der Waals surface area contributed by atoms with Crippen LogP contribution in [0.2, 0.25) is 0 Å². The van der Waals surface area contributed by atoms with E-state index in [1.807, 2.05) is 36.6 Å². The summed E-state index contributed by atoms with van der Waals surface area (Å²) in [6.07, 6.45) is 0.368. The van der Waals surface area contributed by atoms with Crippen LogP contribution in [0.25, 0.3) is 11.3 Å². The van der Waals surface area contributed by atoms with E-state index in [4.69, 9.17) is 4.74 Å². The molecule has 0 aliphatic rings. The lowest BCUT2D eigenvalue weighted by atomic mass is 10.1. The van der Waals surface area contributed by atoms with Gasteiger partial charge in [0, 0.05) is 23.2 Å². The Bertz CT molecular complexity index is 623. The van der Waals surface area contributed by atoms with Crippen molar-refractivity contribution < 1.29 is 9.53 Å². The number of rotatable bonds is 7. The fraction of sp³-hybridized carbons (Fsp3) is 0.412. The number of thiazole rings is 1. The molecule has 1 N–H and O–H groups in total. The number of carbonyl (C=O) groups is 1. The van der Waals surface area contributed by atoms with E-state index in [-0.39, 0.29) is 5.91 Å². The minimum atomic E-state index is -0.0321. The minimum absolute atomic E-state index is 0.0321. The number of hydrogen-bond donors (Lipinski definition) is 1. The number of nitrogens with one attached hydrogen (secondary N) is 1. The molecule has 1 amide bonds. The molecule has 2 rings (SSSR count). The van der Waals surface area contributed by atoms with Gasteiger partial charge in [-0.2, -0.15) is 0 Å². The van der Waals surface area contributed by atoms with Gasteiger partial charge in [0.2, 0.25) is 5.91 Å². The Kier molecular flexibility index (Phi) is 6.10. The molecule has 118 valence electrons. The van der Waals surface area contributed by atoms with Crippen LogP contribution in [0.1, 0.15) is 25.3 Å². The molecule has 2 aromatic rings. The summed E-state index contributed by atoms with van der Waals surface area (Å²) < 4.78 is 5.43. The Hall–Kier alpha value is -1.72. The van der Waals surface area contributed by atoms with Crippen LogP contribution in [0.5, 0.6) is 0 Å². The Morgan fingerprint density at radius 3 is 2.91 bits per heavy atom. The van der Waals surface area contributed by atoms with Crippen molar-refractivity contribution in [3.8, 4) is 11.3 Å². The standard InChI is InChI=1S/C17H22N2O2S/c1-12(2)10-21-8-7-17(20)19-15-6-4-5-14(9-15)16-11-22-13(3)18-16/h4-6,9,11-12H,7-8,10H2,1-3H3,(H,19,20). The van der Waals surface area contributed by atoms with Crippen molar-refractivity contribution in [2.75, 3.05) is 18.5 Å². The highest BCUT2D eigenvalue weighted by molar-refractivity contribution is 7.09. The van der Waals surface area contributed by atoms with Gasteiger partial charge in [-0.15, -0.1) is 11.3 Å². The first-order valence-electron chi connectivity index (χ1n) is 7.45. The van der Waals surface area contributed by atoms with Gasteiger partial charge in [0.25, 0.3) is 0 Å². The minimum Gasteiger partial charge on any atom is -0.381 e. The van der Waals surface area contributed by atoms with Crippen LogP contribution in [0.15, 0.2) is 29.6 Å². The molecule has 0 saturated heterocycles. The van der Waals surface area contributed by atoms with E-state index in [0.29, 0.717) is 25.6 Å². The maximum absolute atomic E-state index is 11.9.